The van der Waals surface area contributed by atoms with Crippen LogP contribution in [-0.4, -0.2) is 58.3 Å². The summed E-state index contributed by atoms with van der Waals surface area (Å²) < 4.78 is 5.75. The number of rotatable bonds is 5. The normalized spacial score (nSPS) is 17.1. The van der Waals surface area contributed by atoms with E-state index in [2.05, 4.69) is 31.5 Å². The monoisotopic (exact) mass is 541 g/mol. The third kappa shape index (κ3) is 4.81. The average molecular weight is 542 g/mol. The summed E-state index contributed by atoms with van der Waals surface area (Å²) in [5.74, 6) is -0.562. The number of aldehydes is 1. The Bertz CT molecular complexity index is 1340. The number of hydrogen-bond acceptors (Lipinski definition) is 5. The minimum atomic E-state index is -0.736. The quantitative estimate of drug-likeness (QED) is 0.427. The van der Waals surface area contributed by atoms with E-state index in [9.17, 15) is 19.2 Å². The Morgan fingerprint density at radius 2 is 2.00 bits per heavy atom. The first kappa shape index (κ1) is 23.2. The van der Waals surface area contributed by atoms with Gasteiger partial charge in [0, 0.05) is 35.8 Å². The zero-order valence-corrected chi connectivity index (χ0v) is 20.3. The first-order valence-electron chi connectivity index (χ1n) is 11.4. The molecule has 3 aromatic rings. The fourth-order valence-corrected chi connectivity index (χ4v) is 5.31. The standard InChI is InChI=1S/C24H24BrN5O5/c25-18-10-14(11-20-21(18)28-24(34)35-20)9-16(13-31)26-22(32)29-7-5-17(6-8-29)30-12-15-3-1-2-4-19(15)27-23(30)33/h1-4,10-11,13,16-17H,5-9,12H2,(H,26,32)(H,27,33)(H,28,34). The molecule has 10 nitrogen and oxygen atoms in total. The van der Waals surface area contributed by atoms with Crippen molar-refractivity contribution in [1.82, 2.24) is 20.1 Å². The van der Waals surface area contributed by atoms with Gasteiger partial charge in [0.05, 0.1) is 6.04 Å². The number of piperidine rings is 1. The van der Waals surface area contributed by atoms with Crippen LogP contribution in [0.3, 0.4) is 0 Å². The molecule has 0 aliphatic carbocycles. The van der Waals surface area contributed by atoms with Crippen LogP contribution in [0.15, 0.2) is 50.1 Å². The Hall–Kier alpha value is -3.60. The molecule has 35 heavy (non-hydrogen) atoms. The van der Waals surface area contributed by atoms with Gasteiger partial charge in [0.25, 0.3) is 0 Å². The number of para-hydroxylation sites is 1. The molecular weight excluding hydrogens is 518 g/mol. The van der Waals surface area contributed by atoms with E-state index in [1.54, 1.807) is 17.0 Å². The number of benzene rings is 2. The zero-order chi connectivity index (χ0) is 24.5. The number of likely N-dealkylation sites (tertiary alicyclic amines) is 1. The lowest BCUT2D eigenvalue weighted by Gasteiger charge is -2.40. The van der Waals surface area contributed by atoms with E-state index in [4.69, 9.17) is 4.42 Å². The van der Waals surface area contributed by atoms with Crippen molar-refractivity contribution in [3.8, 4) is 0 Å². The van der Waals surface area contributed by atoms with Gasteiger partial charge in [-0.3, -0.25) is 4.98 Å². The van der Waals surface area contributed by atoms with Crippen LogP contribution in [0.2, 0.25) is 0 Å². The van der Waals surface area contributed by atoms with Crippen LogP contribution in [0.1, 0.15) is 24.0 Å². The Morgan fingerprint density at radius 1 is 1.23 bits per heavy atom. The number of hydrogen-bond donors (Lipinski definition) is 3. The maximum atomic E-state index is 12.8. The number of anilines is 1. The van der Waals surface area contributed by atoms with Crippen molar-refractivity contribution in [2.45, 2.75) is 37.9 Å². The molecule has 1 unspecified atom stereocenters. The van der Waals surface area contributed by atoms with Gasteiger partial charge in [0.1, 0.15) is 11.8 Å². The lowest BCUT2D eigenvalue weighted by atomic mass is 10.0. The number of nitrogens with zero attached hydrogens (tertiary/aromatic N) is 2. The summed E-state index contributed by atoms with van der Waals surface area (Å²) in [4.78, 5) is 54.7. The van der Waals surface area contributed by atoms with Crippen LogP contribution >= 0.6 is 15.9 Å². The number of aromatic nitrogens is 1. The molecule has 0 radical (unpaired) electrons. The Morgan fingerprint density at radius 3 is 2.77 bits per heavy atom. The van der Waals surface area contributed by atoms with Gasteiger partial charge in [-0.25, -0.2) is 14.4 Å². The Kier molecular flexibility index (Phi) is 6.33. The van der Waals surface area contributed by atoms with Crippen molar-refractivity contribution >= 4 is 51.1 Å². The minimum Gasteiger partial charge on any atom is -0.408 e. The lowest BCUT2D eigenvalue weighted by molar-refractivity contribution is -0.109. The summed E-state index contributed by atoms with van der Waals surface area (Å²) in [5, 5.41) is 5.72. The van der Waals surface area contributed by atoms with Crippen molar-refractivity contribution in [2.75, 3.05) is 18.4 Å². The summed E-state index contributed by atoms with van der Waals surface area (Å²) in [6.45, 7) is 1.52. The predicted molar refractivity (Wildman–Crippen MR) is 132 cm³/mol. The highest BCUT2D eigenvalue weighted by atomic mass is 79.9. The van der Waals surface area contributed by atoms with E-state index >= 15 is 0 Å². The largest absolute Gasteiger partial charge is 0.417 e. The van der Waals surface area contributed by atoms with Gasteiger partial charge >= 0.3 is 17.8 Å². The molecule has 2 aromatic carbocycles. The summed E-state index contributed by atoms with van der Waals surface area (Å²) >= 11 is 3.39. The third-order valence-corrected chi connectivity index (χ3v) is 7.15. The second-order valence-electron chi connectivity index (χ2n) is 8.79. The van der Waals surface area contributed by atoms with Gasteiger partial charge in [-0.05, 0) is 64.5 Å². The Labute approximate surface area is 208 Å². The number of carbonyl (C=O) groups excluding carboxylic acids is 3. The smallest absolute Gasteiger partial charge is 0.408 e. The van der Waals surface area contributed by atoms with E-state index < -0.39 is 11.8 Å². The topological polar surface area (TPSA) is 128 Å². The number of nitrogens with one attached hydrogen (secondary N) is 3. The summed E-state index contributed by atoms with van der Waals surface area (Å²) in [7, 11) is 0. The first-order chi connectivity index (χ1) is 16.9. The first-order valence-corrected chi connectivity index (χ1v) is 12.2. The fraction of sp³-hybridized carbons (Fsp3) is 0.333. The van der Waals surface area contributed by atoms with Gasteiger partial charge < -0.3 is 29.6 Å². The Balaban J connectivity index is 1.17. The molecular formula is C24H24BrN5O5. The van der Waals surface area contributed by atoms with Crippen LogP contribution in [0.4, 0.5) is 15.3 Å². The molecule has 2 aliphatic heterocycles. The zero-order valence-electron chi connectivity index (χ0n) is 18.8. The number of fused-ring (bicyclic) bond motifs is 2. The molecule has 0 bridgehead atoms. The molecule has 3 N–H and O–H groups in total. The number of urea groups is 2. The molecule has 182 valence electrons. The second-order valence-corrected chi connectivity index (χ2v) is 9.65. The molecule has 4 amide bonds. The second kappa shape index (κ2) is 9.57. The molecule has 2 aliphatic rings. The van der Waals surface area contributed by atoms with Gasteiger partial charge in [-0.2, -0.15) is 0 Å². The molecule has 1 saturated heterocycles. The maximum Gasteiger partial charge on any atom is 0.417 e. The van der Waals surface area contributed by atoms with Crippen molar-refractivity contribution < 1.29 is 18.8 Å². The summed E-state index contributed by atoms with van der Waals surface area (Å²) in [6, 6.07) is 10.1. The summed E-state index contributed by atoms with van der Waals surface area (Å²) in [6.07, 6.45) is 2.27. The molecule has 1 fully saturated rings. The highest BCUT2D eigenvalue weighted by molar-refractivity contribution is 9.10. The lowest BCUT2D eigenvalue weighted by Crippen LogP contribution is -2.54. The van der Waals surface area contributed by atoms with E-state index in [-0.39, 0.29) is 24.5 Å². The maximum absolute atomic E-state index is 12.8. The van der Waals surface area contributed by atoms with Gasteiger partial charge in [0.2, 0.25) is 0 Å². The molecule has 11 heteroatoms. The SMILES string of the molecule is O=CC(Cc1cc(Br)c2[nH]c(=O)oc2c1)NC(=O)N1CCC(N2Cc3ccccc3NC2=O)CC1. The van der Waals surface area contributed by atoms with Crippen LogP contribution in [0.5, 0.6) is 0 Å². The van der Waals surface area contributed by atoms with Crippen LogP contribution in [-0.2, 0) is 17.8 Å². The fourth-order valence-electron chi connectivity index (χ4n) is 4.72. The molecule has 0 saturated carbocycles. The van der Waals surface area contributed by atoms with Crippen molar-refractivity contribution in [1.29, 1.82) is 0 Å². The molecule has 1 atom stereocenters. The van der Waals surface area contributed by atoms with Crippen LogP contribution in [0, 0.1) is 0 Å². The number of carbonyl (C=O) groups is 3. The number of halogens is 1. The van der Waals surface area contributed by atoms with E-state index in [0.717, 1.165) is 16.8 Å². The third-order valence-electron chi connectivity index (χ3n) is 6.53. The minimum absolute atomic E-state index is 0.0364. The molecule has 5 rings (SSSR count). The summed E-state index contributed by atoms with van der Waals surface area (Å²) in [5.41, 5.74) is 3.57. The van der Waals surface area contributed by atoms with Gasteiger partial charge in [-0.1, -0.05) is 18.2 Å². The van der Waals surface area contributed by atoms with Crippen molar-refractivity contribution in [3.05, 3.63) is 62.5 Å². The average Bonchev–Trinajstić information content (AvgIpc) is 3.24. The van der Waals surface area contributed by atoms with Gasteiger partial charge in [0.15, 0.2) is 5.58 Å². The number of amides is 4. The number of aromatic amines is 1. The molecule has 0 spiro atoms. The number of oxazole rings is 1. The highest BCUT2D eigenvalue weighted by Crippen LogP contribution is 2.28. The van der Waals surface area contributed by atoms with Gasteiger partial charge in [-0.15, -0.1) is 0 Å². The van der Waals surface area contributed by atoms with E-state index in [1.807, 2.05) is 29.2 Å². The van der Waals surface area contributed by atoms with Crippen LogP contribution < -0.4 is 16.4 Å². The van der Waals surface area contributed by atoms with Crippen molar-refractivity contribution in [2.24, 2.45) is 0 Å². The molecule has 3 heterocycles. The highest BCUT2D eigenvalue weighted by Gasteiger charge is 2.33. The predicted octanol–water partition coefficient (Wildman–Crippen LogP) is 3.22. The van der Waals surface area contributed by atoms with E-state index in [1.165, 1.54) is 0 Å². The van der Waals surface area contributed by atoms with Crippen LogP contribution in [0.25, 0.3) is 11.1 Å². The molecule has 1 aromatic heterocycles. The van der Waals surface area contributed by atoms with E-state index in [0.29, 0.717) is 54.3 Å². The van der Waals surface area contributed by atoms with Crippen molar-refractivity contribution in [3.63, 3.8) is 0 Å². The number of H-pyrrole nitrogens is 1.